The fourth-order valence-electron chi connectivity index (χ4n) is 1.68. The molecule has 0 spiro atoms. The number of nitrogens with zero attached hydrogens (tertiary/aromatic N) is 1. The topological polar surface area (TPSA) is 58.6 Å². The van der Waals surface area contributed by atoms with Crippen LogP contribution in [0, 0.1) is 0 Å². The Labute approximate surface area is 110 Å². The average Bonchev–Trinajstić information content (AvgIpc) is 2.28. The van der Waals surface area contributed by atoms with Crippen LogP contribution in [0.25, 0.3) is 0 Å². The van der Waals surface area contributed by atoms with Crippen molar-refractivity contribution in [3.05, 3.63) is 0 Å². The normalized spacial score (nSPS) is 12.3. The molecule has 0 aromatic heterocycles. The first-order valence-corrected chi connectivity index (χ1v) is 6.54. The number of esters is 1. The Morgan fingerprint density at radius 2 is 1.94 bits per heavy atom. The van der Waals surface area contributed by atoms with Gasteiger partial charge >= 0.3 is 5.97 Å². The van der Waals surface area contributed by atoms with Gasteiger partial charge in [0.15, 0.2) is 0 Å². The molecule has 1 atom stereocenters. The Bertz CT molecular complexity index is 257. The number of hydrogen-bond acceptors (Lipinski definition) is 4. The highest BCUT2D eigenvalue weighted by molar-refractivity contribution is 5.79. The van der Waals surface area contributed by atoms with Crippen LogP contribution < -0.4 is 5.32 Å². The van der Waals surface area contributed by atoms with E-state index in [-0.39, 0.29) is 31.0 Å². The fourth-order valence-corrected chi connectivity index (χ4v) is 1.68. The standard InChI is InChI=1S/C13H26N2O3/c1-5-6-7-8-11(2)14-12(16)9-15(3)10-13(17)18-4/h11H,5-10H2,1-4H3,(H,14,16). The van der Waals surface area contributed by atoms with Gasteiger partial charge in [-0.3, -0.25) is 14.5 Å². The number of likely N-dealkylation sites (N-methyl/N-ethyl adjacent to an activating group) is 1. The van der Waals surface area contributed by atoms with Crippen LogP contribution in [-0.2, 0) is 14.3 Å². The molecule has 18 heavy (non-hydrogen) atoms. The lowest BCUT2D eigenvalue weighted by atomic mass is 10.1. The third-order valence-corrected chi connectivity index (χ3v) is 2.69. The summed E-state index contributed by atoms with van der Waals surface area (Å²) < 4.78 is 4.54. The second kappa shape index (κ2) is 9.88. The van der Waals surface area contributed by atoms with Crippen molar-refractivity contribution in [2.75, 3.05) is 27.2 Å². The molecule has 0 aliphatic carbocycles. The number of nitrogens with one attached hydrogen (secondary N) is 1. The molecule has 0 heterocycles. The quantitative estimate of drug-likeness (QED) is 0.498. The van der Waals surface area contributed by atoms with Gasteiger partial charge in [0, 0.05) is 6.04 Å². The molecule has 0 aromatic carbocycles. The van der Waals surface area contributed by atoms with Crippen LogP contribution in [0.15, 0.2) is 0 Å². The average molecular weight is 258 g/mol. The van der Waals surface area contributed by atoms with Gasteiger partial charge in [-0.2, -0.15) is 0 Å². The summed E-state index contributed by atoms with van der Waals surface area (Å²) >= 11 is 0. The van der Waals surface area contributed by atoms with E-state index in [1.807, 2.05) is 6.92 Å². The van der Waals surface area contributed by atoms with Crippen LogP contribution in [0.5, 0.6) is 0 Å². The largest absolute Gasteiger partial charge is 0.468 e. The number of amides is 1. The monoisotopic (exact) mass is 258 g/mol. The zero-order valence-electron chi connectivity index (χ0n) is 12.0. The summed E-state index contributed by atoms with van der Waals surface area (Å²) in [4.78, 5) is 24.3. The second-order valence-corrected chi connectivity index (χ2v) is 4.71. The van der Waals surface area contributed by atoms with Crippen LogP contribution in [0.3, 0.4) is 0 Å². The first-order chi connectivity index (χ1) is 8.49. The van der Waals surface area contributed by atoms with E-state index >= 15 is 0 Å². The van der Waals surface area contributed by atoms with Crippen molar-refractivity contribution in [3.63, 3.8) is 0 Å². The number of rotatable bonds is 9. The van der Waals surface area contributed by atoms with Gasteiger partial charge in [-0.15, -0.1) is 0 Å². The smallest absolute Gasteiger partial charge is 0.319 e. The molecule has 0 radical (unpaired) electrons. The number of ether oxygens (including phenoxy) is 1. The van der Waals surface area contributed by atoms with Crippen molar-refractivity contribution in [2.45, 2.75) is 45.6 Å². The van der Waals surface area contributed by atoms with Crippen LogP contribution in [0.1, 0.15) is 39.5 Å². The highest BCUT2D eigenvalue weighted by Gasteiger charge is 2.12. The van der Waals surface area contributed by atoms with Crippen molar-refractivity contribution in [1.82, 2.24) is 10.2 Å². The SMILES string of the molecule is CCCCCC(C)NC(=O)CN(C)CC(=O)OC. The first-order valence-electron chi connectivity index (χ1n) is 6.54. The molecular weight excluding hydrogens is 232 g/mol. The third-order valence-electron chi connectivity index (χ3n) is 2.69. The Morgan fingerprint density at radius 1 is 1.28 bits per heavy atom. The summed E-state index contributed by atoms with van der Waals surface area (Å²) in [6.07, 6.45) is 4.52. The number of carbonyl (C=O) groups excluding carboxylic acids is 2. The number of carbonyl (C=O) groups is 2. The molecule has 0 fully saturated rings. The summed E-state index contributed by atoms with van der Waals surface area (Å²) in [5.41, 5.74) is 0. The third kappa shape index (κ3) is 8.98. The molecule has 0 aliphatic rings. The molecule has 1 amide bonds. The lowest BCUT2D eigenvalue weighted by Gasteiger charge is -2.18. The molecule has 0 saturated heterocycles. The van der Waals surface area contributed by atoms with Gasteiger partial charge in [-0.05, 0) is 20.4 Å². The van der Waals surface area contributed by atoms with E-state index in [0.717, 1.165) is 12.8 Å². The highest BCUT2D eigenvalue weighted by atomic mass is 16.5. The van der Waals surface area contributed by atoms with Crippen molar-refractivity contribution in [2.24, 2.45) is 0 Å². The van der Waals surface area contributed by atoms with Crippen LogP contribution in [0.4, 0.5) is 0 Å². The van der Waals surface area contributed by atoms with Gasteiger partial charge in [0.1, 0.15) is 0 Å². The summed E-state index contributed by atoms with van der Waals surface area (Å²) in [6.45, 7) is 4.51. The zero-order valence-corrected chi connectivity index (χ0v) is 12.0. The Morgan fingerprint density at radius 3 is 2.50 bits per heavy atom. The van der Waals surface area contributed by atoms with Gasteiger partial charge in [-0.25, -0.2) is 0 Å². The molecule has 5 nitrogen and oxygen atoms in total. The van der Waals surface area contributed by atoms with E-state index in [1.165, 1.54) is 20.0 Å². The van der Waals surface area contributed by atoms with Gasteiger partial charge in [0.2, 0.25) is 5.91 Å². The molecule has 1 unspecified atom stereocenters. The maximum Gasteiger partial charge on any atom is 0.319 e. The van der Waals surface area contributed by atoms with Gasteiger partial charge in [0.25, 0.3) is 0 Å². The lowest BCUT2D eigenvalue weighted by molar-refractivity contribution is -0.141. The molecule has 0 rings (SSSR count). The molecule has 5 heteroatoms. The van der Waals surface area contributed by atoms with Crippen LogP contribution >= 0.6 is 0 Å². The Balaban J connectivity index is 3.78. The molecule has 0 aromatic rings. The molecule has 0 bridgehead atoms. The van der Waals surface area contributed by atoms with Crippen molar-refractivity contribution < 1.29 is 14.3 Å². The second-order valence-electron chi connectivity index (χ2n) is 4.71. The maximum atomic E-state index is 11.7. The van der Waals surface area contributed by atoms with Gasteiger partial charge in [0.05, 0.1) is 20.2 Å². The minimum absolute atomic E-state index is 0.0506. The van der Waals surface area contributed by atoms with E-state index < -0.39 is 0 Å². The van der Waals surface area contributed by atoms with Crippen molar-refractivity contribution in [1.29, 1.82) is 0 Å². The zero-order chi connectivity index (χ0) is 14.0. The number of hydrogen-bond donors (Lipinski definition) is 1. The van der Waals surface area contributed by atoms with Gasteiger partial charge < -0.3 is 10.1 Å². The van der Waals surface area contributed by atoms with E-state index in [2.05, 4.69) is 17.0 Å². The molecule has 1 N–H and O–H groups in total. The Hall–Kier alpha value is -1.10. The lowest BCUT2D eigenvalue weighted by Crippen LogP contribution is -2.41. The van der Waals surface area contributed by atoms with Crippen LogP contribution in [0.2, 0.25) is 0 Å². The van der Waals surface area contributed by atoms with E-state index in [1.54, 1.807) is 11.9 Å². The first kappa shape index (κ1) is 16.9. The fraction of sp³-hybridized carbons (Fsp3) is 0.846. The molecular formula is C13H26N2O3. The summed E-state index contributed by atoms with van der Waals surface area (Å²) in [5.74, 6) is -0.383. The predicted octanol–water partition coefficient (Wildman–Crippen LogP) is 1.18. The molecule has 106 valence electrons. The predicted molar refractivity (Wildman–Crippen MR) is 71.3 cm³/mol. The minimum Gasteiger partial charge on any atom is -0.468 e. The minimum atomic E-state index is -0.332. The number of methoxy groups -OCH3 is 1. The van der Waals surface area contributed by atoms with Crippen molar-refractivity contribution in [3.8, 4) is 0 Å². The molecule has 0 saturated carbocycles. The van der Waals surface area contributed by atoms with E-state index in [0.29, 0.717) is 0 Å². The van der Waals surface area contributed by atoms with E-state index in [9.17, 15) is 9.59 Å². The Kier molecular flexibility index (Phi) is 9.28. The van der Waals surface area contributed by atoms with E-state index in [4.69, 9.17) is 0 Å². The summed E-state index contributed by atoms with van der Waals surface area (Å²) in [5, 5.41) is 2.93. The summed E-state index contributed by atoms with van der Waals surface area (Å²) in [6, 6.07) is 0.190. The van der Waals surface area contributed by atoms with Crippen LogP contribution in [-0.4, -0.2) is 50.1 Å². The van der Waals surface area contributed by atoms with Crippen molar-refractivity contribution >= 4 is 11.9 Å². The summed E-state index contributed by atoms with van der Waals surface area (Å²) in [7, 11) is 3.06. The highest BCUT2D eigenvalue weighted by Crippen LogP contribution is 2.02. The maximum absolute atomic E-state index is 11.7. The number of unbranched alkanes of at least 4 members (excludes halogenated alkanes) is 2. The van der Waals surface area contributed by atoms with Gasteiger partial charge in [-0.1, -0.05) is 26.2 Å². The molecule has 0 aliphatic heterocycles.